The number of nitrogens with zero attached hydrogens (tertiary/aromatic N) is 1. The number of furan rings is 1. The summed E-state index contributed by atoms with van der Waals surface area (Å²) >= 11 is 0. The minimum Gasteiger partial charge on any atom is -0.463 e. The van der Waals surface area contributed by atoms with Crippen LogP contribution in [0.5, 0.6) is 0 Å². The van der Waals surface area contributed by atoms with E-state index in [1.54, 1.807) is 30.0 Å². The summed E-state index contributed by atoms with van der Waals surface area (Å²) in [4.78, 5) is 23.6. The molecule has 2 rings (SSSR count). The van der Waals surface area contributed by atoms with Gasteiger partial charge in [0.2, 0.25) is 5.91 Å². The number of hydrogen-bond donors (Lipinski definition) is 2. The molecular formula is C14H19N3O3. The Bertz CT molecular complexity index is 627. The molecule has 2 amide bonds. The molecule has 108 valence electrons. The Labute approximate surface area is 117 Å². The summed E-state index contributed by atoms with van der Waals surface area (Å²) in [5.74, 6) is -0.483. The molecule has 0 aromatic carbocycles. The van der Waals surface area contributed by atoms with Crippen LogP contribution in [0.2, 0.25) is 0 Å². The van der Waals surface area contributed by atoms with E-state index >= 15 is 0 Å². The van der Waals surface area contributed by atoms with Crippen molar-refractivity contribution in [2.24, 2.45) is 7.05 Å². The molecule has 0 fully saturated rings. The summed E-state index contributed by atoms with van der Waals surface area (Å²) in [5.41, 5.74) is 1.97. The Hall–Kier alpha value is -2.24. The monoisotopic (exact) mass is 277 g/mol. The summed E-state index contributed by atoms with van der Waals surface area (Å²) in [7, 11) is 1.78. The zero-order valence-electron chi connectivity index (χ0n) is 11.9. The van der Waals surface area contributed by atoms with Gasteiger partial charge in [0.1, 0.15) is 5.69 Å². The average molecular weight is 277 g/mol. The van der Waals surface area contributed by atoms with Crippen molar-refractivity contribution >= 4 is 22.9 Å². The van der Waals surface area contributed by atoms with Crippen LogP contribution in [0, 0.1) is 0 Å². The predicted molar refractivity (Wildman–Crippen MR) is 75.4 cm³/mol. The molecule has 1 unspecified atom stereocenters. The number of hydrogen-bond acceptors (Lipinski definition) is 3. The molecule has 0 aliphatic rings. The summed E-state index contributed by atoms with van der Waals surface area (Å²) in [6.07, 6.45) is 2.43. The van der Waals surface area contributed by atoms with E-state index in [2.05, 4.69) is 10.6 Å². The van der Waals surface area contributed by atoms with Gasteiger partial charge in [-0.3, -0.25) is 9.59 Å². The van der Waals surface area contributed by atoms with Crippen molar-refractivity contribution in [2.75, 3.05) is 6.54 Å². The Kier molecular flexibility index (Phi) is 4.12. The van der Waals surface area contributed by atoms with E-state index in [0.717, 1.165) is 11.9 Å². The standard InChI is InChI=1S/C14H19N3O3/c1-4-9(2)16-13(18)8-15-14(19)11-7-12-10(17(11)3)5-6-20-12/h5-7,9H,4,8H2,1-3H3,(H,15,19)(H,16,18). The number of aryl methyl sites for hydroxylation is 1. The minimum atomic E-state index is -0.293. The fourth-order valence-corrected chi connectivity index (χ4v) is 1.95. The number of carbonyl (C=O) groups is 2. The van der Waals surface area contributed by atoms with Crippen molar-refractivity contribution in [2.45, 2.75) is 26.3 Å². The highest BCUT2D eigenvalue weighted by Crippen LogP contribution is 2.19. The van der Waals surface area contributed by atoms with Crippen molar-refractivity contribution in [1.29, 1.82) is 0 Å². The molecule has 0 saturated heterocycles. The smallest absolute Gasteiger partial charge is 0.268 e. The van der Waals surface area contributed by atoms with Gasteiger partial charge in [0.05, 0.1) is 18.3 Å². The molecule has 0 saturated carbocycles. The largest absolute Gasteiger partial charge is 0.463 e. The van der Waals surface area contributed by atoms with Crippen LogP contribution in [-0.4, -0.2) is 29.0 Å². The third-order valence-electron chi connectivity index (χ3n) is 3.33. The summed E-state index contributed by atoms with van der Waals surface area (Å²) < 4.78 is 6.98. The lowest BCUT2D eigenvalue weighted by atomic mass is 10.2. The van der Waals surface area contributed by atoms with Gasteiger partial charge in [0, 0.05) is 25.2 Å². The maximum Gasteiger partial charge on any atom is 0.268 e. The van der Waals surface area contributed by atoms with Crippen LogP contribution in [0.15, 0.2) is 22.8 Å². The fraction of sp³-hybridized carbons (Fsp3) is 0.429. The zero-order valence-corrected chi connectivity index (χ0v) is 11.9. The third-order valence-corrected chi connectivity index (χ3v) is 3.33. The molecule has 6 heteroatoms. The van der Waals surface area contributed by atoms with Gasteiger partial charge in [-0.25, -0.2) is 0 Å². The van der Waals surface area contributed by atoms with Crippen LogP contribution in [0.1, 0.15) is 30.8 Å². The van der Waals surface area contributed by atoms with Crippen LogP contribution in [0.4, 0.5) is 0 Å². The van der Waals surface area contributed by atoms with E-state index in [9.17, 15) is 9.59 Å². The van der Waals surface area contributed by atoms with Gasteiger partial charge < -0.3 is 19.6 Å². The molecule has 0 spiro atoms. The molecular weight excluding hydrogens is 258 g/mol. The quantitative estimate of drug-likeness (QED) is 0.867. The lowest BCUT2D eigenvalue weighted by Crippen LogP contribution is -2.40. The predicted octanol–water partition coefficient (Wildman–Crippen LogP) is 1.42. The summed E-state index contributed by atoms with van der Waals surface area (Å²) in [6, 6.07) is 3.57. The van der Waals surface area contributed by atoms with Gasteiger partial charge in [-0.2, -0.15) is 0 Å². The van der Waals surface area contributed by atoms with Crippen LogP contribution >= 0.6 is 0 Å². The number of nitrogens with one attached hydrogen (secondary N) is 2. The van der Waals surface area contributed by atoms with Crippen LogP contribution < -0.4 is 10.6 Å². The second-order valence-electron chi connectivity index (χ2n) is 4.82. The molecule has 2 aromatic rings. The van der Waals surface area contributed by atoms with Gasteiger partial charge in [-0.15, -0.1) is 0 Å². The Morgan fingerprint density at radius 1 is 1.45 bits per heavy atom. The number of fused-ring (bicyclic) bond motifs is 1. The highest BCUT2D eigenvalue weighted by Gasteiger charge is 2.16. The topological polar surface area (TPSA) is 76.3 Å². The SMILES string of the molecule is CCC(C)NC(=O)CNC(=O)c1cc2occc2n1C. The third kappa shape index (κ3) is 2.84. The Balaban J connectivity index is 1.96. The van der Waals surface area contributed by atoms with Crippen LogP contribution in [0.3, 0.4) is 0 Å². The normalized spacial score (nSPS) is 12.3. The summed E-state index contributed by atoms with van der Waals surface area (Å²) in [6.45, 7) is 3.88. The molecule has 20 heavy (non-hydrogen) atoms. The van der Waals surface area contributed by atoms with Crippen LogP contribution in [0.25, 0.3) is 11.1 Å². The molecule has 0 radical (unpaired) electrons. The Morgan fingerprint density at radius 3 is 2.85 bits per heavy atom. The molecule has 1 atom stereocenters. The maximum atomic E-state index is 12.0. The number of carbonyl (C=O) groups excluding carboxylic acids is 2. The molecule has 0 bridgehead atoms. The van der Waals surface area contributed by atoms with E-state index in [1.165, 1.54) is 0 Å². The highest BCUT2D eigenvalue weighted by molar-refractivity contribution is 5.99. The number of aromatic nitrogens is 1. The molecule has 2 heterocycles. The maximum absolute atomic E-state index is 12.0. The van der Waals surface area contributed by atoms with E-state index in [4.69, 9.17) is 4.42 Å². The average Bonchev–Trinajstić information content (AvgIpc) is 2.99. The van der Waals surface area contributed by atoms with E-state index in [1.807, 2.05) is 13.8 Å². The fourth-order valence-electron chi connectivity index (χ4n) is 1.95. The van der Waals surface area contributed by atoms with Crippen molar-refractivity contribution in [3.05, 3.63) is 24.1 Å². The van der Waals surface area contributed by atoms with E-state index in [-0.39, 0.29) is 24.4 Å². The van der Waals surface area contributed by atoms with Gasteiger partial charge in [0.15, 0.2) is 5.58 Å². The van der Waals surface area contributed by atoms with Crippen LogP contribution in [-0.2, 0) is 11.8 Å². The molecule has 2 N–H and O–H groups in total. The minimum absolute atomic E-state index is 0.0320. The highest BCUT2D eigenvalue weighted by atomic mass is 16.3. The zero-order chi connectivity index (χ0) is 14.7. The first-order valence-corrected chi connectivity index (χ1v) is 6.63. The van der Waals surface area contributed by atoms with Crippen molar-refractivity contribution < 1.29 is 14.0 Å². The lowest BCUT2D eigenvalue weighted by Gasteiger charge is -2.12. The molecule has 0 aliphatic carbocycles. The van der Waals surface area contributed by atoms with Gasteiger partial charge in [-0.05, 0) is 13.3 Å². The van der Waals surface area contributed by atoms with E-state index < -0.39 is 0 Å². The van der Waals surface area contributed by atoms with Crippen molar-refractivity contribution in [3.63, 3.8) is 0 Å². The van der Waals surface area contributed by atoms with Gasteiger partial charge in [-0.1, -0.05) is 6.92 Å². The second kappa shape index (κ2) is 5.81. The molecule has 2 aromatic heterocycles. The summed E-state index contributed by atoms with van der Waals surface area (Å²) in [5, 5.41) is 5.40. The molecule has 6 nitrogen and oxygen atoms in total. The Morgan fingerprint density at radius 2 is 2.20 bits per heavy atom. The first kappa shape index (κ1) is 14.2. The number of rotatable bonds is 5. The first-order chi connectivity index (χ1) is 9.52. The lowest BCUT2D eigenvalue weighted by molar-refractivity contribution is -0.120. The molecule has 0 aliphatic heterocycles. The first-order valence-electron chi connectivity index (χ1n) is 6.63. The van der Waals surface area contributed by atoms with Crippen molar-refractivity contribution in [3.8, 4) is 0 Å². The number of amides is 2. The van der Waals surface area contributed by atoms with E-state index in [0.29, 0.717) is 11.3 Å². The van der Waals surface area contributed by atoms with Gasteiger partial charge in [0.25, 0.3) is 5.91 Å². The van der Waals surface area contributed by atoms with Crippen molar-refractivity contribution in [1.82, 2.24) is 15.2 Å². The van der Waals surface area contributed by atoms with Gasteiger partial charge >= 0.3 is 0 Å². The second-order valence-corrected chi connectivity index (χ2v) is 4.82.